The highest BCUT2D eigenvalue weighted by Gasteiger charge is 2.42. The van der Waals surface area contributed by atoms with Gasteiger partial charge in [0.25, 0.3) is 0 Å². The van der Waals surface area contributed by atoms with E-state index in [9.17, 15) is 22.4 Å². The highest BCUT2D eigenvalue weighted by atomic mass is 35.5. The fourth-order valence-corrected chi connectivity index (χ4v) is 1.85. The zero-order chi connectivity index (χ0) is 16.7. The molecule has 0 saturated heterocycles. The first-order chi connectivity index (χ1) is 10.0. The minimum Gasteiger partial charge on any atom is -0.330 e. The average molecular weight is 358 g/mol. The van der Waals surface area contributed by atoms with Crippen molar-refractivity contribution < 1.29 is 27.2 Å². The van der Waals surface area contributed by atoms with Crippen molar-refractivity contribution in [3.63, 3.8) is 0 Å². The normalized spacial score (nSPS) is 12.5. The van der Waals surface area contributed by atoms with E-state index in [4.69, 9.17) is 23.2 Å². The van der Waals surface area contributed by atoms with Crippen LogP contribution in [0.5, 0.6) is 0 Å². The van der Waals surface area contributed by atoms with Gasteiger partial charge in [-0.2, -0.15) is 22.3 Å². The Morgan fingerprint density at radius 2 is 1.95 bits per heavy atom. The van der Waals surface area contributed by atoms with E-state index in [0.717, 1.165) is 12.4 Å². The summed E-state index contributed by atoms with van der Waals surface area (Å²) >= 11 is 9.57. The fourth-order valence-electron chi connectivity index (χ4n) is 1.56. The number of aromatic nitrogens is 3. The van der Waals surface area contributed by atoms with Gasteiger partial charge in [0.2, 0.25) is 0 Å². The minimum atomic E-state index is -4.19. The van der Waals surface area contributed by atoms with Crippen LogP contribution in [0.3, 0.4) is 0 Å². The van der Waals surface area contributed by atoms with Crippen LogP contribution in [0.2, 0.25) is 0 Å². The molecule has 0 saturated carbocycles. The fraction of sp³-hybridized carbons (Fsp3) is 0.182. The van der Waals surface area contributed by atoms with Gasteiger partial charge in [0.1, 0.15) is 17.5 Å². The Morgan fingerprint density at radius 3 is 2.45 bits per heavy atom. The number of halogens is 6. The van der Waals surface area contributed by atoms with Crippen LogP contribution >= 0.6 is 23.2 Å². The van der Waals surface area contributed by atoms with Gasteiger partial charge >= 0.3 is 16.7 Å². The summed E-state index contributed by atoms with van der Waals surface area (Å²) in [7, 11) is 0. The van der Waals surface area contributed by atoms with Crippen LogP contribution in [0, 0.1) is 0 Å². The summed E-state index contributed by atoms with van der Waals surface area (Å²) in [5, 5.41) is -8.37. The SMILES string of the molecule is C=CC(=O)On1cnc2nc(C(F)(F)Cl)c(C(F)(F)Cl)cc21. The van der Waals surface area contributed by atoms with Gasteiger partial charge in [-0.25, -0.2) is 14.8 Å². The van der Waals surface area contributed by atoms with Crippen molar-refractivity contribution in [2.24, 2.45) is 0 Å². The summed E-state index contributed by atoms with van der Waals surface area (Å²) in [4.78, 5) is 22.6. The lowest BCUT2D eigenvalue weighted by atomic mass is 10.2. The average Bonchev–Trinajstić information content (AvgIpc) is 2.78. The maximum absolute atomic E-state index is 13.3. The quantitative estimate of drug-likeness (QED) is 0.479. The van der Waals surface area contributed by atoms with Gasteiger partial charge in [-0.3, -0.25) is 0 Å². The molecule has 0 radical (unpaired) electrons. The molecule has 118 valence electrons. The third kappa shape index (κ3) is 3.14. The van der Waals surface area contributed by atoms with Crippen LogP contribution in [0.4, 0.5) is 17.6 Å². The molecule has 2 aromatic rings. The molecule has 0 fully saturated rings. The molecule has 0 unspecified atom stereocenters. The van der Waals surface area contributed by atoms with Gasteiger partial charge in [-0.05, 0) is 29.3 Å². The van der Waals surface area contributed by atoms with Crippen LogP contribution in [-0.2, 0) is 15.6 Å². The van der Waals surface area contributed by atoms with Crippen LogP contribution in [-0.4, -0.2) is 20.7 Å². The Morgan fingerprint density at radius 1 is 1.32 bits per heavy atom. The number of nitrogens with zero attached hydrogens (tertiary/aromatic N) is 3. The van der Waals surface area contributed by atoms with Crippen molar-refractivity contribution in [1.29, 1.82) is 0 Å². The summed E-state index contributed by atoms with van der Waals surface area (Å²) in [5.41, 5.74) is -3.45. The molecule has 0 aliphatic heterocycles. The molecule has 0 atom stereocenters. The molecule has 22 heavy (non-hydrogen) atoms. The number of imidazole rings is 1. The molecule has 2 aromatic heterocycles. The summed E-state index contributed by atoms with van der Waals surface area (Å²) in [6.07, 6.45) is 1.68. The molecule has 0 aliphatic rings. The molecule has 0 aliphatic carbocycles. The van der Waals surface area contributed by atoms with E-state index in [1.165, 1.54) is 0 Å². The zero-order valence-corrected chi connectivity index (χ0v) is 11.9. The molecule has 0 bridgehead atoms. The predicted octanol–water partition coefficient (Wildman–Crippen LogP) is 3.15. The van der Waals surface area contributed by atoms with Crippen LogP contribution < -0.4 is 4.84 Å². The Hall–Kier alpha value is -1.87. The van der Waals surface area contributed by atoms with Crippen molar-refractivity contribution in [3.05, 3.63) is 36.3 Å². The summed E-state index contributed by atoms with van der Waals surface area (Å²) < 4.78 is 53.7. The van der Waals surface area contributed by atoms with Crippen molar-refractivity contribution in [3.8, 4) is 0 Å². The van der Waals surface area contributed by atoms with E-state index in [0.29, 0.717) is 10.8 Å². The van der Waals surface area contributed by atoms with E-state index in [2.05, 4.69) is 21.4 Å². The number of carbonyl (C=O) groups excluding carboxylic acids is 1. The van der Waals surface area contributed by atoms with Gasteiger partial charge in [-0.1, -0.05) is 6.58 Å². The zero-order valence-electron chi connectivity index (χ0n) is 10.4. The second-order valence-corrected chi connectivity index (χ2v) is 4.86. The Balaban J connectivity index is 2.70. The highest BCUT2D eigenvalue weighted by molar-refractivity contribution is 6.23. The van der Waals surface area contributed by atoms with Crippen molar-refractivity contribution in [1.82, 2.24) is 14.7 Å². The number of alkyl halides is 6. The van der Waals surface area contributed by atoms with E-state index < -0.39 is 33.6 Å². The first-order valence-corrected chi connectivity index (χ1v) is 6.17. The molecular weight excluding hydrogens is 353 g/mol. The molecule has 2 heterocycles. The van der Waals surface area contributed by atoms with Crippen molar-refractivity contribution in [2.45, 2.75) is 10.8 Å². The lowest BCUT2D eigenvalue weighted by molar-refractivity contribution is -0.137. The molecule has 0 N–H and O–H groups in total. The van der Waals surface area contributed by atoms with Crippen LogP contribution in [0.1, 0.15) is 11.3 Å². The van der Waals surface area contributed by atoms with E-state index in [-0.39, 0.29) is 5.52 Å². The monoisotopic (exact) mass is 357 g/mol. The maximum atomic E-state index is 13.3. The van der Waals surface area contributed by atoms with Gasteiger partial charge in [-0.15, -0.1) is 0 Å². The van der Waals surface area contributed by atoms with E-state index >= 15 is 0 Å². The predicted molar refractivity (Wildman–Crippen MR) is 68.8 cm³/mol. The largest absolute Gasteiger partial charge is 0.365 e. The summed E-state index contributed by atoms with van der Waals surface area (Å²) in [5.74, 6) is -0.926. The second-order valence-electron chi connectivity index (χ2n) is 3.91. The van der Waals surface area contributed by atoms with Gasteiger partial charge in [0, 0.05) is 6.08 Å². The minimum absolute atomic E-state index is 0.282. The molecular formula is C11H5Cl2F4N3O2. The Bertz CT molecular complexity index is 752. The van der Waals surface area contributed by atoms with Gasteiger partial charge in [0.05, 0.1) is 5.56 Å². The Labute approximate surface area is 130 Å². The van der Waals surface area contributed by atoms with E-state index in [1.54, 1.807) is 0 Å². The first-order valence-electron chi connectivity index (χ1n) is 5.41. The number of carbonyl (C=O) groups is 1. The second kappa shape index (κ2) is 5.40. The number of fused-ring (bicyclic) bond motifs is 1. The maximum Gasteiger partial charge on any atom is 0.365 e. The smallest absolute Gasteiger partial charge is 0.330 e. The highest BCUT2D eigenvalue weighted by Crippen LogP contribution is 2.42. The number of hydrogen-bond donors (Lipinski definition) is 0. The van der Waals surface area contributed by atoms with Crippen molar-refractivity contribution >= 4 is 40.3 Å². The summed E-state index contributed by atoms with van der Waals surface area (Å²) in [6, 6.07) is 0.560. The molecule has 2 rings (SSSR count). The third-order valence-corrected chi connectivity index (χ3v) is 2.82. The number of rotatable bonds is 4. The molecule has 0 aromatic carbocycles. The van der Waals surface area contributed by atoms with Gasteiger partial charge in [0.15, 0.2) is 5.65 Å². The topological polar surface area (TPSA) is 57.0 Å². The van der Waals surface area contributed by atoms with Crippen LogP contribution in [0.25, 0.3) is 11.2 Å². The van der Waals surface area contributed by atoms with Crippen LogP contribution in [0.15, 0.2) is 25.0 Å². The number of hydrogen-bond acceptors (Lipinski definition) is 4. The third-order valence-electron chi connectivity index (χ3n) is 2.43. The van der Waals surface area contributed by atoms with Gasteiger partial charge < -0.3 is 4.84 Å². The van der Waals surface area contributed by atoms with Crippen molar-refractivity contribution in [2.75, 3.05) is 0 Å². The molecule has 11 heteroatoms. The number of pyridine rings is 1. The first kappa shape index (κ1) is 16.5. The summed E-state index contributed by atoms with van der Waals surface area (Å²) in [6.45, 7) is 3.14. The lowest BCUT2D eigenvalue weighted by Gasteiger charge is -2.16. The molecule has 0 spiro atoms. The standard InChI is InChI=1S/C11H5Cl2F4N3O2/c1-2-7(21)22-20-4-18-9-6(20)3-5(10(12,14)15)8(19-9)11(13,16)17/h2-4H,1H2. The molecule has 5 nitrogen and oxygen atoms in total. The Kier molecular flexibility index (Phi) is 4.05. The van der Waals surface area contributed by atoms with E-state index in [1.807, 2.05) is 0 Å². The molecule has 0 amide bonds. The lowest BCUT2D eigenvalue weighted by Crippen LogP contribution is -2.19.